The van der Waals surface area contributed by atoms with Gasteiger partial charge in [0.05, 0.1) is 21.2 Å². The summed E-state index contributed by atoms with van der Waals surface area (Å²) in [6.45, 7) is 5.61. The van der Waals surface area contributed by atoms with Crippen molar-refractivity contribution in [1.29, 1.82) is 0 Å². The predicted molar refractivity (Wildman–Crippen MR) is 109 cm³/mol. The average Bonchev–Trinajstić information content (AvgIpc) is 2.86. The Bertz CT molecular complexity index is 978. The molecule has 0 unspecified atom stereocenters. The van der Waals surface area contributed by atoms with Gasteiger partial charge >= 0.3 is 0 Å². The third kappa shape index (κ3) is 5.10. The van der Waals surface area contributed by atoms with Crippen LogP contribution in [0.4, 0.5) is 0 Å². The molecule has 0 spiro atoms. The summed E-state index contributed by atoms with van der Waals surface area (Å²) in [5, 5.41) is 0.165. The molecule has 1 aliphatic rings. The fraction of sp³-hybridized carbons (Fsp3) is 0.400. The van der Waals surface area contributed by atoms with Gasteiger partial charge < -0.3 is 4.90 Å². The number of hydrogen-bond donors (Lipinski definition) is 0. The molecule has 1 saturated heterocycles. The molecule has 0 bridgehead atoms. The fourth-order valence-electron chi connectivity index (χ4n) is 3.32. The van der Waals surface area contributed by atoms with Gasteiger partial charge in [-0.25, -0.2) is 8.42 Å². The minimum atomic E-state index is -3.36. The van der Waals surface area contributed by atoms with Crippen LogP contribution in [0.5, 0.6) is 0 Å². The van der Waals surface area contributed by atoms with Gasteiger partial charge in [-0.15, -0.1) is 0 Å². The molecule has 0 saturated carbocycles. The number of aryl methyl sites for hydroxylation is 1. The molecule has 1 aromatic carbocycles. The van der Waals surface area contributed by atoms with Crippen molar-refractivity contribution in [2.45, 2.75) is 24.8 Å². The highest BCUT2D eigenvalue weighted by atomic mass is 35.5. The SMILES string of the molecule is Cc1cccc(CN2CCCN(C(=O)c3ccc(S(C)(=O)=O)cc3Cl)CC2)n1. The van der Waals surface area contributed by atoms with E-state index in [1.807, 2.05) is 25.1 Å². The molecule has 1 amide bonds. The second-order valence-electron chi connectivity index (χ2n) is 7.11. The molecule has 0 N–H and O–H groups in total. The van der Waals surface area contributed by atoms with E-state index >= 15 is 0 Å². The third-order valence-electron chi connectivity index (χ3n) is 4.81. The van der Waals surface area contributed by atoms with Crippen LogP contribution in [-0.4, -0.2) is 61.5 Å². The van der Waals surface area contributed by atoms with Gasteiger partial charge in [-0.3, -0.25) is 14.7 Å². The number of hydrogen-bond acceptors (Lipinski definition) is 5. The molecule has 28 heavy (non-hydrogen) atoms. The van der Waals surface area contributed by atoms with Gasteiger partial charge in [0, 0.05) is 44.7 Å². The first kappa shape index (κ1) is 20.8. The lowest BCUT2D eigenvalue weighted by Gasteiger charge is -2.22. The molecule has 1 fully saturated rings. The van der Waals surface area contributed by atoms with Crippen LogP contribution < -0.4 is 0 Å². The Morgan fingerprint density at radius 2 is 1.93 bits per heavy atom. The third-order valence-corrected chi connectivity index (χ3v) is 6.23. The molecular formula is C20H24ClN3O3S. The van der Waals surface area contributed by atoms with Crippen LogP contribution in [-0.2, 0) is 16.4 Å². The number of carbonyl (C=O) groups is 1. The van der Waals surface area contributed by atoms with E-state index in [9.17, 15) is 13.2 Å². The minimum Gasteiger partial charge on any atom is -0.337 e. The highest BCUT2D eigenvalue weighted by Crippen LogP contribution is 2.23. The summed E-state index contributed by atoms with van der Waals surface area (Å²) in [5.74, 6) is -0.166. The second-order valence-corrected chi connectivity index (χ2v) is 9.53. The van der Waals surface area contributed by atoms with Crippen molar-refractivity contribution in [3.05, 3.63) is 58.4 Å². The van der Waals surface area contributed by atoms with Crippen molar-refractivity contribution in [3.8, 4) is 0 Å². The Morgan fingerprint density at radius 1 is 1.14 bits per heavy atom. The zero-order valence-electron chi connectivity index (χ0n) is 16.1. The summed E-state index contributed by atoms with van der Waals surface area (Å²) < 4.78 is 23.3. The maximum atomic E-state index is 12.9. The van der Waals surface area contributed by atoms with Crippen molar-refractivity contribution >= 4 is 27.3 Å². The molecule has 1 aliphatic heterocycles. The lowest BCUT2D eigenvalue weighted by atomic mass is 10.2. The summed E-state index contributed by atoms with van der Waals surface area (Å²) in [6, 6.07) is 10.3. The molecule has 1 aromatic heterocycles. The number of pyridine rings is 1. The van der Waals surface area contributed by atoms with Crippen LogP contribution in [0.3, 0.4) is 0 Å². The Kier molecular flexibility index (Phi) is 6.37. The van der Waals surface area contributed by atoms with Crippen molar-refractivity contribution in [1.82, 2.24) is 14.8 Å². The first-order valence-corrected chi connectivity index (χ1v) is 11.4. The molecule has 3 rings (SSSR count). The molecule has 8 heteroatoms. The Hall–Kier alpha value is -1.96. The standard InChI is InChI=1S/C20H24ClN3O3S/c1-15-5-3-6-16(22-15)14-23-9-4-10-24(12-11-23)20(25)18-8-7-17(13-19(18)21)28(2,26)27/h3,5-8,13H,4,9-12,14H2,1-2H3. The van der Waals surface area contributed by atoms with Crippen molar-refractivity contribution in [2.24, 2.45) is 0 Å². The van der Waals surface area contributed by atoms with Gasteiger partial charge in [-0.2, -0.15) is 0 Å². The fourth-order valence-corrected chi connectivity index (χ4v) is 4.29. The topological polar surface area (TPSA) is 70.6 Å². The van der Waals surface area contributed by atoms with E-state index in [0.717, 1.165) is 43.7 Å². The van der Waals surface area contributed by atoms with Crippen LogP contribution >= 0.6 is 11.6 Å². The number of rotatable bonds is 4. The summed E-state index contributed by atoms with van der Waals surface area (Å²) in [7, 11) is -3.36. The van der Waals surface area contributed by atoms with E-state index in [-0.39, 0.29) is 15.8 Å². The molecule has 0 atom stereocenters. The largest absolute Gasteiger partial charge is 0.337 e. The first-order chi connectivity index (χ1) is 13.2. The number of amides is 1. The van der Waals surface area contributed by atoms with Crippen LogP contribution in [0.25, 0.3) is 0 Å². The lowest BCUT2D eigenvalue weighted by molar-refractivity contribution is 0.0761. The summed E-state index contributed by atoms with van der Waals surface area (Å²) in [6.07, 6.45) is 1.98. The van der Waals surface area contributed by atoms with E-state index in [1.165, 1.54) is 18.2 Å². The summed E-state index contributed by atoms with van der Waals surface area (Å²) in [5.41, 5.74) is 2.36. The summed E-state index contributed by atoms with van der Waals surface area (Å²) >= 11 is 6.21. The van der Waals surface area contributed by atoms with Gasteiger partial charge in [0.25, 0.3) is 5.91 Å². The second kappa shape index (κ2) is 8.59. The van der Waals surface area contributed by atoms with Crippen LogP contribution in [0.2, 0.25) is 5.02 Å². The minimum absolute atomic E-state index is 0.113. The number of halogens is 1. The highest BCUT2D eigenvalue weighted by Gasteiger charge is 2.23. The number of benzene rings is 1. The number of aromatic nitrogens is 1. The molecule has 0 radical (unpaired) electrons. The van der Waals surface area contributed by atoms with Crippen LogP contribution in [0, 0.1) is 6.92 Å². The lowest BCUT2D eigenvalue weighted by Crippen LogP contribution is -2.35. The van der Waals surface area contributed by atoms with Crippen molar-refractivity contribution in [3.63, 3.8) is 0 Å². The van der Waals surface area contributed by atoms with Gasteiger partial charge in [-0.05, 0) is 43.7 Å². The average molecular weight is 422 g/mol. The van der Waals surface area contributed by atoms with E-state index in [1.54, 1.807) is 4.90 Å². The van der Waals surface area contributed by atoms with E-state index in [2.05, 4.69) is 9.88 Å². The van der Waals surface area contributed by atoms with Crippen LogP contribution in [0.15, 0.2) is 41.3 Å². The smallest absolute Gasteiger partial charge is 0.255 e. The van der Waals surface area contributed by atoms with E-state index in [4.69, 9.17) is 11.6 Å². The zero-order chi connectivity index (χ0) is 20.3. The number of carbonyl (C=O) groups excluding carboxylic acids is 1. The molecule has 6 nitrogen and oxygen atoms in total. The first-order valence-electron chi connectivity index (χ1n) is 9.18. The molecule has 0 aliphatic carbocycles. The predicted octanol–water partition coefficient (Wildman–Crippen LogP) is 2.80. The zero-order valence-corrected chi connectivity index (χ0v) is 17.6. The van der Waals surface area contributed by atoms with Gasteiger partial charge in [0.2, 0.25) is 0 Å². The summed E-state index contributed by atoms with van der Waals surface area (Å²) in [4.78, 5) is 21.6. The molecule has 2 heterocycles. The number of nitrogens with zero attached hydrogens (tertiary/aromatic N) is 3. The number of sulfone groups is 1. The molecule has 150 valence electrons. The van der Waals surface area contributed by atoms with E-state index in [0.29, 0.717) is 18.7 Å². The molecule has 2 aromatic rings. The Morgan fingerprint density at radius 3 is 2.61 bits per heavy atom. The Balaban J connectivity index is 1.67. The quantitative estimate of drug-likeness (QED) is 0.759. The normalized spacial score (nSPS) is 16.0. The maximum Gasteiger partial charge on any atom is 0.255 e. The van der Waals surface area contributed by atoms with Gasteiger partial charge in [0.1, 0.15) is 0 Å². The highest BCUT2D eigenvalue weighted by molar-refractivity contribution is 7.90. The maximum absolute atomic E-state index is 12.9. The Labute approximate surface area is 171 Å². The van der Waals surface area contributed by atoms with Crippen molar-refractivity contribution < 1.29 is 13.2 Å². The van der Waals surface area contributed by atoms with Gasteiger partial charge in [0.15, 0.2) is 9.84 Å². The van der Waals surface area contributed by atoms with Crippen LogP contribution in [0.1, 0.15) is 28.2 Å². The van der Waals surface area contributed by atoms with E-state index < -0.39 is 9.84 Å². The van der Waals surface area contributed by atoms with Gasteiger partial charge in [-0.1, -0.05) is 17.7 Å². The van der Waals surface area contributed by atoms with Crippen molar-refractivity contribution in [2.75, 3.05) is 32.4 Å². The monoisotopic (exact) mass is 421 g/mol. The molecular weight excluding hydrogens is 398 g/mol.